The fourth-order valence-corrected chi connectivity index (χ4v) is 6.11. The van der Waals surface area contributed by atoms with Gasteiger partial charge in [0.05, 0.1) is 22.8 Å². The van der Waals surface area contributed by atoms with E-state index in [4.69, 9.17) is 14.2 Å². The number of aryl methyl sites for hydroxylation is 2. The van der Waals surface area contributed by atoms with Crippen molar-refractivity contribution < 1.29 is 17.7 Å². The smallest absolute Gasteiger partial charge is 0.279 e. The largest absolute Gasteiger partial charge is 0.493 e. The molecule has 4 heterocycles. The highest BCUT2D eigenvalue weighted by Crippen LogP contribution is 2.32. The summed E-state index contributed by atoms with van der Waals surface area (Å²) in [4.78, 5) is 27.3. The molecule has 208 valence electrons. The van der Waals surface area contributed by atoms with Crippen LogP contribution in [0.15, 0.2) is 32.4 Å². The normalized spacial score (nSPS) is 15.3. The molecule has 39 heavy (non-hydrogen) atoms. The number of likely N-dealkylation sites (N-methyl/N-ethyl adjacent to an activating group) is 1. The molecule has 1 aliphatic rings. The zero-order valence-corrected chi connectivity index (χ0v) is 23.3. The van der Waals surface area contributed by atoms with Crippen LogP contribution >= 0.6 is 0 Å². The SMILES string of the molecule is CCCc1c2nc(-c3cc(S(=O)(=O)N4CCN(C)CC4)ccc3OCC)[nH]c(=O)c2nn1Cc1noc(C)n1. The van der Waals surface area contributed by atoms with Crippen LogP contribution in [-0.2, 0) is 23.0 Å². The molecule has 1 saturated heterocycles. The van der Waals surface area contributed by atoms with Crippen molar-refractivity contribution >= 4 is 21.1 Å². The standard InChI is InChI=1S/C25H32N8O5S/c1-5-7-19-22-23(29-33(19)15-21-26-16(3)38-30-21)25(34)28-24(27-22)18-14-17(8-9-20(18)37-6-2)39(35,36)32-12-10-31(4)11-13-32/h8-9,14H,5-7,10-13,15H2,1-4H3,(H,27,28,34). The van der Waals surface area contributed by atoms with Crippen LogP contribution in [0.4, 0.5) is 0 Å². The molecule has 0 aliphatic carbocycles. The number of hydrogen-bond acceptors (Lipinski definition) is 10. The molecule has 0 spiro atoms. The van der Waals surface area contributed by atoms with Crippen LogP contribution < -0.4 is 10.3 Å². The number of nitrogens with zero attached hydrogens (tertiary/aromatic N) is 7. The highest BCUT2D eigenvalue weighted by atomic mass is 32.2. The van der Waals surface area contributed by atoms with Crippen molar-refractivity contribution in [1.82, 2.24) is 39.1 Å². The van der Waals surface area contributed by atoms with E-state index >= 15 is 0 Å². The van der Waals surface area contributed by atoms with Crippen molar-refractivity contribution in [2.24, 2.45) is 0 Å². The van der Waals surface area contributed by atoms with Gasteiger partial charge in [-0.05, 0) is 38.6 Å². The zero-order valence-electron chi connectivity index (χ0n) is 22.5. The summed E-state index contributed by atoms with van der Waals surface area (Å²) in [5.41, 5.74) is 1.31. The summed E-state index contributed by atoms with van der Waals surface area (Å²) in [6, 6.07) is 4.67. The van der Waals surface area contributed by atoms with Gasteiger partial charge in [-0.2, -0.15) is 14.4 Å². The molecule has 0 amide bonds. The van der Waals surface area contributed by atoms with E-state index in [1.165, 1.54) is 16.4 Å². The number of sulfonamides is 1. The fourth-order valence-electron chi connectivity index (χ4n) is 4.66. The first-order valence-corrected chi connectivity index (χ1v) is 14.4. The monoisotopic (exact) mass is 556 g/mol. The Morgan fingerprint density at radius 2 is 1.87 bits per heavy atom. The van der Waals surface area contributed by atoms with Crippen LogP contribution in [0.1, 0.15) is 37.7 Å². The quantitative estimate of drug-likeness (QED) is 0.323. The Labute approximate surface area is 225 Å². The summed E-state index contributed by atoms with van der Waals surface area (Å²) >= 11 is 0. The minimum Gasteiger partial charge on any atom is -0.493 e. The average Bonchev–Trinajstić information content (AvgIpc) is 3.48. The van der Waals surface area contributed by atoms with E-state index < -0.39 is 15.6 Å². The maximum Gasteiger partial charge on any atom is 0.279 e. The lowest BCUT2D eigenvalue weighted by molar-refractivity contribution is 0.222. The number of fused-ring (bicyclic) bond motifs is 1. The minimum atomic E-state index is -3.75. The minimum absolute atomic E-state index is 0.116. The highest BCUT2D eigenvalue weighted by Gasteiger charge is 2.29. The van der Waals surface area contributed by atoms with E-state index in [0.29, 0.717) is 67.8 Å². The topological polar surface area (TPSA) is 152 Å². The van der Waals surface area contributed by atoms with Gasteiger partial charge in [-0.1, -0.05) is 18.5 Å². The van der Waals surface area contributed by atoms with Gasteiger partial charge in [0, 0.05) is 33.1 Å². The molecule has 5 rings (SSSR count). The predicted molar refractivity (Wildman–Crippen MR) is 143 cm³/mol. The average molecular weight is 557 g/mol. The van der Waals surface area contributed by atoms with Crippen molar-refractivity contribution in [2.45, 2.75) is 45.1 Å². The summed E-state index contributed by atoms with van der Waals surface area (Å²) in [5.74, 6) is 1.50. The Hall–Kier alpha value is -3.62. The lowest BCUT2D eigenvalue weighted by Gasteiger charge is -2.31. The van der Waals surface area contributed by atoms with E-state index in [9.17, 15) is 13.2 Å². The van der Waals surface area contributed by atoms with E-state index in [0.717, 1.165) is 12.1 Å². The zero-order chi connectivity index (χ0) is 27.7. The van der Waals surface area contributed by atoms with E-state index in [-0.39, 0.29) is 22.8 Å². The molecule has 0 radical (unpaired) electrons. The van der Waals surface area contributed by atoms with Crippen LogP contribution in [0, 0.1) is 6.92 Å². The van der Waals surface area contributed by atoms with Gasteiger partial charge in [0.25, 0.3) is 5.56 Å². The fraction of sp³-hybridized carbons (Fsp3) is 0.480. The molecule has 4 aromatic rings. The molecule has 1 N–H and O–H groups in total. The maximum atomic E-state index is 13.5. The summed E-state index contributed by atoms with van der Waals surface area (Å²) in [6.45, 7) is 8.26. The first kappa shape index (κ1) is 27.0. The molecule has 0 saturated carbocycles. The summed E-state index contributed by atoms with van der Waals surface area (Å²) in [7, 11) is -1.79. The summed E-state index contributed by atoms with van der Waals surface area (Å²) < 4.78 is 41.0. The third kappa shape index (κ3) is 5.31. The van der Waals surface area contributed by atoms with Crippen molar-refractivity contribution in [3.63, 3.8) is 0 Å². The molecule has 1 aliphatic heterocycles. The molecular formula is C25H32N8O5S. The van der Waals surface area contributed by atoms with Crippen molar-refractivity contribution in [1.29, 1.82) is 0 Å². The van der Waals surface area contributed by atoms with Gasteiger partial charge in [-0.25, -0.2) is 13.4 Å². The first-order chi connectivity index (χ1) is 18.7. The number of rotatable bonds is 9. The van der Waals surface area contributed by atoms with Crippen molar-refractivity contribution in [3.8, 4) is 17.1 Å². The Balaban J connectivity index is 1.62. The molecule has 0 bridgehead atoms. The lowest BCUT2D eigenvalue weighted by atomic mass is 10.1. The molecule has 0 unspecified atom stereocenters. The molecule has 1 fully saturated rings. The second kappa shape index (κ2) is 10.9. The Morgan fingerprint density at radius 3 is 2.54 bits per heavy atom. The second-order valence-electron chi connectivity index (χ2n) is 9.49. The van der Waals surface area contributed by atoms with E-state index in [2.05, 4.69) is 25.1 Å². The molecule has 3 aromatic heterocycles. The van der Waals surface area contributed by atoms with Crippen LogP contribution in [0.2, 0.25) is 0 Å². The van der Waals surface area contributed by atoms with Crippen LogP contribution in [-0.4, -0.2) is 87.3 Å². The first-order valence-electron chi connectivity index (χ1n) is 13.0. The number of nitrogens with one attached hydrogen (secondary N) is 1. The number of H-pyrrole nitrogens is 1. The van der Waals surface area contributed by atoms with Gasteiger partial charge in [0.15, 0.2) is 11.3 Å². The second-order valence-corrected chi connectivity index (χ2v) is 11.4. The predicted octanol–water partition coefficient (Wildman–Crippen LogP) is 1.81. The Morgan fingerprint density at radius 1 is 1.10 bits per heavy atom. The number of aromatic amines is 1. The van der Waals surface area contributed by atoms with E-state index in [1.807, 2.05) is 20.9 Å². The van der Waals surface area contributed by atoms with Gasteiger partial charge in [-0.15, -0.1) is 0 Å². The van der Waals surface area contributed by atoms with Crippen LogP contribution in [0.5, 0.6) is 5.75 Å². The summed E-state index contributed by atoms with van der Waals surface area (Å²) in [6.07, 6.45) is 1.40. The highest BCUT2D eigenvalue weighted by molar-refractivity contribution is 7.89. The summed E-state index contributed by atoms with van der Waals surface area (Å²) in [5, 5.41) is 8.45. The number of aromatic nitrogens is 6. The van der Waals surface area contributed by atoms with Crippen LogP contribution in [0.3, 0.4) is 0 Å². The van der Waals surface area contributed by atoms with Gasteiger partial charge in [0.2, 0.25) is 15.9 Å². The number of ether oxygens (including phenoxy) is 1. The Bertz CT molecular complexity index is 1650. The molecule has 14 heteroatoms. The van der Waals surface area contributed by atoms with E-state index in [1.54, 1.807) is 17.7 Å². The maximum absolute atomic E-state index is 13.5. The molecule has 1 aromatic carbocycles. The van der Waals surface area contributed by atoms with Crippen LogP contribution in [0.25, 0.3) is 22.4 Å². The van der Waals surface area contributed by atoms with Gasteiger partial charge in [0.1, 0.15) is 23.6 Å². The third-order valence-corrected chi connectivity index (χ3v) is 8.55. The van der Waals surface area contributed by atoms with Gasteiger partial charge >= 0.3 is 0 Å². The molecule has 13 nitrogen and oxygen atoms in total. The van der Waals surface area contributed by atoms with Crippen molar-refractivity contribution in [2.75, 3.05) is 39.8 Å². The van der Waals surface area contributed by atoms with Gasteiger partial charge in [-0.3, -0.25) is 9.48 Å². The van der Waals surface area contributed by atoms with Crippen molar-refractivity contribution in [3.05, 3.63) is 46.0 Å². The lowest BCUT2D eigenvalue weighted by Crippen LogP contribution is -2.47. The number of piperazine rings is 1. The molecular weight excluding hydrogens is 524 g/mol. The van der Waals surface area contributed by atoms with Gasteiger partial charge < -0.3 is 19.1 Å². The Kier molecular flexibility index (Phi) is 7.51. The number of hydrogen-bond donors (Lipinski definition) is 1. The molecule has 0 atom stereocenters. The third-order valence-electron chi connectivity index (χ3n) is 6.65. The number of benzene rings is 1.